The molecule has 5 heteroatoms. The maximum atomic E-state index is 5.42. The molecule has 2 rings (SSSR count). The molecule has 0 aliphatic carbocycles. The van der Waals surface area contributed by atoms with Crippen molar-refractivity contribution in [1.82, 2.24) is 15.3 Å². The molecule has 0 saturated carbocycles. The fourth-order valence-electron chi connectivity index (χ4n) is 2.01. The van der Waals surface area contributed by atoms with Crippen LogP contribution in [0.1, 0.15) is 26.0 Å². The zero-order valence-corrected chi connectivity index (χ0v) is 10.7. The van der Waals surface area contributed by atoms with Crippen LogP contribution in [0.15, 0.2) is 6.07 Å². The Morgan fingerprint density at radius 3 is 3.00 bits per heavy atom. The Morgan fingerprint density at radius 1 is 1.53 bits per heavy atom. The van der Waals surface area contributed by atoms with Gasteiger partial charge in [0.05, 0.1) is 12.1 Å². The molecule has 2 N–H and O–H groups in total. The number of hydrogen-bond donors (Lipinski definition) is 2. The van der Waals surface area contributed by atoms with Gasteiger partial charge < -0.3 is 15.4 Å². The molecular formula is C12H20N4O. The molecule has 1 fully saturated rings. The van der Waals surface area contributed by atoms with Crippen molar-refractivity contribution in [2.24, 2.45) is 0 Å². The average molecular weight is 236 g/mol. The lowest BCUT2D eigenvalue weighted by Crippen LogP contribution is -2.37. The van der Waals surface area contributed by atoms with E-state index in [1.165, 1.54) is 0 Å². The van der Waals surface area contributed by atoms with Gasteiger partial charge in [0, 0.05) is 18.3 Å². The van der Waals surface area contributed by atoms with Crippen LogP contribution in [0.25, 0.3) is 0 Å². The maximum absolute atomic E-state index is 5.42. The summed E-state index contributed by atoms with van der Waals surface area (Å²) in [7, 11) is 0. The van der Waals surface area contributed by atoms with Gasteiger partial charge in [0.2, 0.25) is 11.8 Å². The lowest BCUT2D eigenvalue weighted by atomic mass is 10.0. The zero-order chi connectivity index (χ0) is 12.3. The highest BCUT2D eigenvalue weighted by Gasteiger charge is 2.29. The summed E-state index contributed by atoms with van der Waals surface area (Å²) in [5.74, 6) is 1.29. The van der Waals surface area contributed by atoms with E-state index in [0.717, 1.165) is 25.2 Å². The normalized spacial score (nSPS) is 23.7. The highest BCUT2D eigenvalue weighted by Crippen LogP contribution is 2.20. The van der Waals surface area contributed by atoms with E-state index in [-0.39, 0.29) is 5.54 Å². The first-order chi connectivity index (χ1) is 8.11. The predicted molar refractivity (Wildman–Crippen MR) is 67.5 cm³/mol. The largest absolute Gasteiger partial charge is 0.478 e. The Hall–Kier alpha value is -1.36. The Balaban J connectivity index is 2.14. The van der Waals surface area contributed by atoms with Crippen LogP contribution < -0.4 is 15.4 Å². The van der Waals surface area contributed by atoms with Crippen molar-refractivity contribution in [3.8, 4) is 5.88 Å². The minimum Gasteiger partial charge on any atom is -0.478 e. The van der Waals surface area contributed by atoms with Gasteiger partial charge >= 0.3 is 0 Å². The van der Waals surface area contributed by atoms with Gasteiger partial charge in [-0.15, -0.1) is 0 Å². The smallest absolute Gasteiger partial charge is 0.226 e. The first kappa shape index (κ1) is 12.1. The predicted octanol–water partition coefficient (Wildman–Crippen LogP) is 1.35. The molecule has 1 aromatic rings. The molecule has 0 spiro atoms. The Labute approximate surface area is 102 Å². The number of ether oxygens (including phenoxy) is 1. The van der Waals surface area contributed by atoms with Gasteiger partial charge in [0.15, 0.2) is 0 Å². The molecule has 0 aromatic carbocycles. The van der Waals surface area contributed by atoms with Gasteiger partial charge in [-0.05, 0) is 33.7 Å². The summed E-state index contributed by atoms with van der Waals surface area (Å²) >= 11 is 0. The van der Waals surface area contributed by atoms with E-state index in [9.17, 15) is 0 Å². The van der Waals surface area contributed by atoms with Crippen LogP contribution in [-0.2, 0) is 0 Å². The Morgan fingerprint density at radius 2 is 2.35 bits per heavy atom. The topological polar surface area (TPSA) is 59.1 Å². The van der Waals surface area contributed by atoms with Crippen molar-refractivity contribution >= 4 is 5.95 Å². The van der Waals surface area contributed by atoms with Gasteiger partial charge in [0.1, 0.15) is 0 Å². The summed E-state index contributed by atoms with van der Waals surface area (Å²) in [6.45, 7) is 8.67. The van der Waals surface area contributed by atoms with E-state index >= 15 is 0 Å². The fourth-order valence-corrected chi connectivity index (χ4v) is 2.01. The summed E-state index contributed by atoms with van der Waals surface area (Å²) in [5, 5.41) is 6.73. The highest BCUT2D eigenvalue weighted by molar-refractivity contribution is 5.34. The second-order valence-corrected chi connectivity index (χ2v) is 4.72. The van der Waals surface area contributed by atoms with Gasteiger partial charge in [0.25, 0.3) is 0 Å². The Bertz CT molecular complexity index is 388. The second kappa shape index (κ2) is 4.87. The molecule has 1 aromatic heterocycles. The third-order valence-corrected chi connectivity index (χ3v) is 2.91. The van der Waals surface area contributed by atoms with Crippen LogP contribution in [0.4, 0.5) is 5.95 Å². The standard InChI is InChI=1S/C12H20N4O/c1-4-17-10-7-9(2)14-11(15-10)16-12(3)5-6-13-8-12/h7,13H,4-6,8H2,1-3H3,(H,14,15,16). The molecule has 1 saturated heterocycles. The number of nitrogens with zero attached hydrogens (tertiary/aromatic N) is 2. The number of hydrogen-bond acceptors (Lipinski definition) is 5. The molecule has 17 heavy (non-hydrogen) atoms. The molecule has 1 aliphatic rings. The maximum Gasteiger partial charge on any atom is 0.226 e. The summed E-state index contributed by atoms with van der Waals surface area (Å²) in [4.78, 5) is 8.75. The molecule has 5 nitrogen and oxygen atoms in total. The van der Waals surface area contributed by atoms with Crippen LogP contribution in [0.2, 0.25) is 0 Å². The first-order valence-corrected chi connectivity index (χ1v) is 6.09. The van der Waals surface area contributed by atoms with Crippen LogP contribution in [-0.4, -0.2) is 35.2 Å². The minimum absolute atomic E-state index is 0.0390. The molecule has 0 amide bonds. The van der Waals surface area contributed by atoms with E-state index in [4.69, 9.17) is 4.74 Å². The number of rotatable bonds is 4. The highest BCUT2D eigenvalue weighted by atomic mass is 16.5. The number of anilines is 1. The number of nitrogens with one attached hydrogen (secondary N) is 2. The van der Waals surface area contributed by atoms with Crippen molar-refractivity contribution in [2.45, 2.75) is 32.7 Å². The molecule has 0 bridgehead atoms. The SMILES string of the molecule is CCOc1cc(C)nc(NC2(C)CCNC2)n1. The molecular weight excluding hydrogens is 216 g/mol. The lowest BCUT2D eigenvalue weighted by molar-refractivity contribution is 0.326. The molecule has 1 unspecified atom stereocenters. The second-order valence-electron chi connectivity index (χ2n) is 4.72. The van der Waals surface area contributed by atoms with Gasteiger partial charge in [-0.25, -0.2) is 4.98 Å². The summed E-state index contributed by atoms with van der Waals surface area (Å²) in [5.41, 5.74) is 0.956. The third kappa shape index (κ3) is 3.06. The molecule has 2 heterocycles. The quantitative estimate of drug-likeness (QED) is 0.826. The average Bonchev–Trinajstić information content (AvgIpc) is 2.64. The van der Waals surface area contributed by atoms with E-state index in [2.05, 4.69) is 27.5 Å². The van der Waals surface area contributed by atoms with Crippen molar-refractivity contribution in [3.05, 3.63) is 11.8 Å². The van der Waals surface area contributed by atoms with Crippen molar-refractivity contribution in [2.75, 3.05) is 25.0 Å². The van der Waals surface area contributed by atoms with E-state index in [1.807, 2.05) is 19.9 Å². The van der Waals surface area contributed by atoms with Crippen molar-refractivity contribution in [1.29, 1.82) is 0 Å². The monoisotopic (exact) mass is 236 g/mol. The molecule has 1 atom stereocenters. The summed E-state index contributed by atoms with van der Waals surface area (Å²) < 4.78 is 5.42. The number of aromatic nitrogens is 2. The van der Waals surface area contributed by atoms with E-state index in [0.29, 0.717) is 18.4 Å². The number of aryl methyl sites for hydroxylation is 1. The van der Waals surface area contributed by atoms with Crippen LogP contribution in [0.5, 0.6) is 5.88 Å². The molecule has 0 radical (unpaired) electrons. The molecule has 1 aliphatic heterocycles. The lowest BCUT2D eigenvalue weighted by Gasteiger charge is -2.24. The third-order valence-electron chi connectivity index (χ3n) is 2.91. The van der Waals surface area contributed by atoms with Crippen molar-refractivity contribution < 1.29 is 4.74 Å². The Kier molecular flexibility index (Phi) is 3.47. The van der Waals surface area contributed by atoms with E-state index in [1.54, 1.807) is 0 Å². The summed E-state index contributed by atoms with van der Waals surface area (Å²) in [6, 6.07) is 1.85. The zero-order valence-electron chi connectivity index (χ0n) is 10.7. The van der Waals surface area contributed by atoms with Gasteiger partial charge in [-0.3, -0.25) is 0 Å². The fraction of sp³-hybridized carbons (Fsp3) is 0.667. The van der Waals surface area contributed by atoms with Crippen LogP contribution in [0, 0.1) is 6.92 Å². The van der Waals surface area contributed by atoms with Crippen molar-refractivity contribution in [3.63, 3.8) is 0 Å². The molecule has 94 valence electrons. The van der Waals surface area contributed by atoms with Crippen LogP contribution >= 0.6 is 0 Å². The first-order valence-electron chi connectivity index (χ1n) is 6.09. The summed E-state index contributed by atoms with van der Waals surface area (Å²) in [6.07, 6.45) is 1.08. The van der Waals surface area contributed by atoms with E-state index < -0.39 is 0 Å². The van der Waals surface area contributed by atoms with Crippen LogP contribution in [0.3, 0.4) is 0 Å². The minimum atomic E-state index is 0.0390. The van der Waals surface area contributed by atoms with Gasteiger partial charge in [-0.1, -0.05) is 0 Å². The van der Waals surface area contributed by atoms with Gasteiger partial charge in [-0.2, -0.15) is 4.98 Å².